The van der Waals surface area contributed by atoms with Gasteiger partial charge in [0.25, 0.3) is 11.8 Å². The van der Waals surface area contributed by atoms with Crippen LogP contribution in [0.25, 0.3) is 0 Å². The van der Waals surface area contributed by atoms with E-state index in [4.69, 9.17) is 4.84 Å². The minimum absolute atomic E-state index is 0.0274. The lowest BCUT2D eigenvalue weighted by Gasteiger charge is -2.12. The summed E-state index contributed by atoms with van der Waals surface area (Å²) >= 11 is 0. The summed E-state index contributed by atoms with van der Waals surface area (Å²) in [5.41, 5.74) is 1.15. The molecule has 1 heterocycles. The van der Waals surface area contributed by atoms with E-state index in [-0.39, 0.29) is 22.8 Å². The summed E-state index contributed by atoms with van der Waals surface area (Å²) in [5, 5.41) is 0.488. The Labute approximate surface area is 152 Å². The molecule has 2 aromatic carbocycles. The second-order valence-electron chi connectivity index (χ2n) is 6.26. The smallest absolute Gasteiger partial charge is 0.387 e. The highest BCUT2D eigenvalue weighted by Gasteiger charge is 2.48. The van der Waals surface area contributed by atoms with Crippen LogP contribution in [0.15, 0.2) is 48.5 Å². The summed E-state index contributed by atoms with van der Waals surface area (Å²) < 4.78 is 28.6. The molecule has 138 valence electrons. The fraction of sp³-hybridized carbons (Fsp3) is 0.211. The number of hydroxylamine groups is 2. The van der Waals surface area contributed by atoms with Crippen LogP contribution >= 0.6 is 0 Å². The third kappa shape index (κ3) is 3.14. The van der Waals surface area contributed by atoms with E-state index < -0.39 is 30.3 Å². The lowest BCUT2D eigenvalue weighted by molar-refractivity contribution is -0.170. The molecule has 0 saturated heterocycles. The van der Waals surface area contributed by atoms with Gasteiger partial charge in [0, 0.05) is 0 Å². The minimum atomic E-state index is -2.90. The van der Waals surface area contributed by atoms with Crippen LogP contribution in [0.3, 0.4) is 0 Å². The summed E-state index contributed by atoms with van der Waals surface area (Å²) in [6.07, 6.45) is 0.483. The molecule has 27 heavy (non-hydrogen) atoms. The number of carbonyl (C=O) groups is 3. The maximum absolute atomic E-state index is 12.3. The average Bonchev–Trinajstić information content (AvgIpc) is 3.42. The summed E-state index contributed by atoms with van der Waals surface area (Å²) in [7, 11) is 0. The number of halogens is 2. The number of carbonyl (C=O) groups excluding carboxylic acids is 3. The number of rotatable bonds is 5. The van der Waals surface area contributed by atoms with Gasteiger partial charge in [-0.15, -0.1) is 0 Å². The van der Waals surface area contributed by atoms with Gasteiger partial charge in [0.15, 0.2) is 0 Å². The Balaban J connectivity index is 1.40. The fourth-order valence-corrected chi connectivity index (χ4v) is 3.13. The number of hydrogen-bond donors (Lipinski definition) is 0. The number of benzene rings is 2. The lowest BCUT2D eigenvalue weighted by atomic mass is 10.1. The van der Waals surface area contributed by atoms with Crippen LogP contribution in [0.4, 0.5) is 8.78 Å². The van der Waals surface area contributed by atoms with E-state index in [0.717, 1.165) is 5.56 Å². The van der Waals surface area contributed by atoms with Gasteiger partial charge in [-0.2, -0.15) is 8.78 Å². The van der Waals surface area contributed by atoms with Crippen molar-refractivity contribution in [3.63, 3.8) is 0 Å². The second-order valence-corrected chi connectivity index (χ2v) is 6.26. The van der Waals surface area contributed by atoms with Gasteiger partial charge < -0.3 is 9.57 Å². The Hall–Kier alpha value is -3.29. The van der Waals surface area contributed by atoms with Gasteiger partial charge >= 0.3 is 12.6 Å². The summed E-state index contributed by atoms with van der Waals surface area (Å²) in [4.78, 5) is 41.8. The van der Waals surface area contributed by atoms with Crippen LogP contribution < -0.4 is 4.74 Å². The number of hydrogen-bond acceptors (Lipinski definition) is 5. The molecule has 0 bridgehead atoms. The first-order valence-electron chi connectivity index (χ1n) is 8.20. The molecule has 2 aromatic rings. The van der Waals surface area contributed by atoms with Gasteiger partial charge in [-0.1, -0.05) is 29.3 Å². The summed E-state index contributed by atoms with van der Waals surface area (Å²) in [6, 6.07) is 12.2. The van der Waals surface area contributed by atoms with Crippen LogP contribution in [-0.4, -0.2) is 29.5 Å². The Bertz CT molecular complexity index is 893. The van der Waals surface area contributed by atoms with Gasteiger partial charge in [0.05, 0.1) is 17.0 Å². The molecule has 0 N–H and O–H groups in total. The van der Waals surface area contributed by atoms with Crippen molar-refractivity contribution in [3.8, 4) is 5.75 Å². The Kier molecular flexibility index (Phi) is 4.10. The zero-order valence-corrected chi connectivity index (χ0v) is 13.8. The van der Waals surface area contributed by atoms with Crippen LogP contribution in [0.2, 0.25) is 0 Å². The standard InChI is InChI=1S/C19H13F2NO5/c20-19(21)26-11-7-5-10(6-8-11)14-9-15(14)18(25)27-22-16(23)12-3-1-2-4-13(12)17(22)24/h1-8,14-15,19H,9H2. The van der Waals surface area contributed by atoms with Crippen molar-refractivity contribution in [1.29, 1.82) is 0 Å². The largest absolute Gasteiger partial charge is 0.435 e. The van der Waals surface area contributed by atoms with Crippen molar-refractivity contribution >= 4 is 17.8 Å². The molecule has 2 atom stereocenters. The zero-order chi connectivity index (χ0) is 19.1. The highest BCUT2D eigenvalue weighted by atomic mass is 19.3. The van der Waals surface area contributed by atoms with E-state index in [2.05, 4.69) is 4.74 Å². The first-order valence-corrected chi connectivity index (χ1v) is 8.20. The van der Waals surface area contributed by atoms with Gasteiger partial charge in [-0.05, 0) is 42.2 Å². The molecule has 1 saturated carbocycles. The first kappa shape index (κ1) is 17.1. The Morgan fingerprint density at radius 3 is 2.15 bits per heavy atom. The molecule has 4 rings (SSSR count). The van der Waals surface area contributed by atoms with Crippen LogP contribution in [-0.2, 0) is 9.63 Å². The molecule has 1 aliphatic carbocycles. The van der Waals surface area contributed by atoms with Crippen molar-refractivity contribution < 1.29 is 32.7 Å². The summed E-state index contributed by atoms with van der Waals surface area (Å²) in [6.45, 7) is -2.90. The molecule has 0 radical (unpaired) electrons. The number of amides is 2. The van der Waals surface area contributed by atoms with Gasteiger partial charge in [-0.3, -0.25) is 9.59 Å². The highest BCUT2D eigenvalue weighted by Crippen LogP contribution is 2.48. The van der Waals surface area contributed by atoms with E-state index in [0.29, 0.717) is 11.5 Å². The van der Waals surface area contributed by atoms with Crippen LogP contribution in [0.1, 0.15) is 38.6 Å². The summed E-state index contributed by atoms with van der Waals surface area (Å²) in [5.74, 6) is -2.66. The zero-order valence-electron chi connectivity index (χ0n) is 13.8. The van der Waals surface area contributed by atoms with Crippen molar-refractivity contribution in [2.24, 2.45) is 5.92 Å². The molecular weight excluding hydrogens is 360 g/mol. The first-order chi connectivity index (χ1) is 13.0. The molecule has 2 unspecified atom stereocenters. The quantitative estimate of drug-likeness (QED) is 0.753. The normalized spacial score (nSPS) is 20.6. The van der Waals surface area contributed by atoms with E-state index in [1.54, 1.807) is 24.3 Å². The van der Waals surface area contributed by atoms with E-state index >= 15 is 0 Å². The van der Waals surface area contributed by atoms with Crippen LogP contribution in [0, 0.1) is 5.92 Å². The number of nitrogens with zero attached hydrogens (tertiary/aromatic N) is 1. The Morgan fingerprint density at radius 2 is 1.59 bits per heavy atom. The number of fused-ring (bicyclic) bond motifs is 1. The lowest BCUT2D eigenvalue weighted by Crippen LogP contribution is -2.33. The average molecular weight is 373 g/mol. The van der Waals surface area contributed by atoms with E-state index in [9.17, 15) is 23.2 Å². The molecule has 0 spiro atoms. The molecule has 1 fully saturated rings. The third-order valence-electron chi connectivity index (χ3n) is 4.56. The monoisotopic (exact) mass is 373 g/mol. The fourth-order valence-electron chi connectivity index (χ4n) is 3.13. The molecule has 2 amide bonds. The van der Waals surface area contributed by atoms with Gasteiger partial charge in [0.1, 0.15) is 5.75 Å². The third-order valence-corrected chi connectivity index (χ3v) is 4.56. The second kappa shape index (κ2) is 6.46. The molecule has 0 aromatic heterocycles. The highest BCUT2D eigenvalue weighted by molar-refractivity contribution is 6.20. The van der Waals surface area contributed by atoms with Crippen molar-refractivity contribution in [3.05, 3.63) is 65.2 Å². The molecule has 2 aliphatic rings. The maximum atomic E-state index is 12.3. The number of imide groups is 1. The Morgan fingerprint density at radius 1 is 1.00 bits per heavy atom. The maximum Gasteiger partial charge on any atom is 0.387 e. The van der Waals surface area contributed by atoms with Gasteiger partial charge in [-0.25, -0.2) is 4.79 Å². The van der Waals surface area contributed by atoms with Crippen molar-refractivity contribution in [1.82, 2.24) is 5.06 Å². The van der Waals surface area contributed by atoms with Crippen LogP contribution in [0.5, 0.6) is 5.75 Å². The van der Waals surface area contributed by atoms with E-state index in [1.807, 2.05) is 0 Å². The molecule has 1 aliphatic heterocycles. The minimum Gasteiger partial charge on any atom is -0.435 e. The van der Waals surface area contributed by atoms with Gasteiger partial charge in [0.2, 0.25) is 0 Å². The molecule has 8 heteroatoms. The topological polar surface area (TPSA) is 72.9 Å². The SMILES string of the molecule is O=C(ON1C(=O)c2ccccc2C1=O)C1CC1c1ccc(OC(F)F)cc1. The van der Waals surface area contributed by atoms with E-state index in [1.165, 1.54) is 24.3 Å². The molecule has 6 nitrogen and oxygen atoms in total. The number of alkyl halides is 2. The predicted octanol–water partition coefficient (Wildman–Crippen LogP) is 3.15. The predicted molar refractivity (Wildman–Crippen MR) is 87.0 cm³/mol. The van der Waals surface area contributed by atoms with Crippen molar-refractivity contribution in [2.75, 3.05) is 0 Å². The molecular formula is C19H13F2NO5. The number of ether oxygens (including phenoxy) is 1. The van der Waals surface area contributed by atoms with Crippen molar-refractivity contribution in [2.45, 2.75) is 19.0 Å².